The van der Waals surface area contributed by atoms with E-state index in [0.29, 0.717) is 5.69 Å². The van der Waals surface area contributed by atoms with Gasteiger partial charge in [-0.15, -0.1) is 0 Å². The van der Waals surface area contributed by atoms with E-state index in [1.54, 1.807) is 36.4 Å². The average Bonchev–Trinajstić information content (AvgIpc) is 2.67. The van der Waals surface area contributed by atoms with Crippen LogP contribution in [0.1, 0.15) is 11.1 Å². The molecule has 0 saturated carbocycles. The number of halogens is 1. The van der Waals surface area contributed by atoms with Crippen molar-refractivity contribution in [3.63, 3.8) is 0 Å². The van der Waals surface area contributed by atoms with Gasteiger partial charge >= 0.3 is 0 Å². The van der Waals surface area contributed by atoms with E-state index in [1.165, 1.54) is 36.4 Å². The van der Waals surface area contributed by atoms with Crippen molar-refractivity contribution in [1.82, 2.24) is 0 Å². The Morgan fingerprint density at radius 1 is 0.931 bits per heavy atom. The Morgan fingerprint density at radius 2 is 1.52 bits per heavy atom. The topological polar surface area (TPSA) is 66.5 Å². The van der Waals surface area contributed by atoms with Gasteiger partial charge in [-0.05, 0) is 56.3 Å². The third kappa shape index (κ3) is 5.00. The number of nitrogens with one attached hydrogen (secondary N) is 1. The van der Waals surface area contributed by atoms with E-state index < -0.39 is 28.3 Å². The largest absolute Gasteiger partial charge is 0.324 e. The predicted molar refractivity (Wildman–Crippen MR) is 112 cm³/mol. The molecule has 3 rings (SSSR count). The summed E-state index contributed by atoms with van der Waals surface area (Å²) in [7, 11) is -3.98. The molecule has 0 atom stereocenters. The summed E-state index contributed by atoms with van der Waals surface area (Å²) in [6.07, 6.45) is 0. The number of aryl methyl sites for hydroxylation is 2. The predicted octanol–water partition coefficient (Wildman–Crippen LogP) is 4.28. The normalized spacial score (nSPS) is 11.1. The first-order valence-electron chi connectivity index (χ1n) is 8.97. The van der Waals surface area contributed by atoms with Gasteiger partial charge < -0.3 is 5.32 Å². The van der Waals surface area contributed by atoms with Gasteiger partial charge in [0.25, 0.3) is 10.0 Å². The van der Waals surface area contributed by atoms with E-state index in [4.69, 9.17) is 0 Å². The van der Waals surface area contributed by atoms with Crippen molar-refractivity contribution in [3.05, 3.63) is 89.7 Å². The molecule has 0 aromatic heterocycles. The molecule has 0 aliphatic rings. The van der Waals surface area contributed by atoms with Gasteiger partial charge in [0.15, 0.2) is 0 Å². The van der Waals surface area contributed by atoms with Gasteiger partial charge in [0.05, 0.1) is 10.6 Å². The molecule has 0 unspecified atom stereocenters. The van der Waals surface area contributed by atoms with Gasteiger partial charge in [-0.25, -0.2) is 12.8 Å². The number of carbonyl (C=O) groups is 1. The Kier molecular flexibility index (Phi) is 5.98. The van der Waals surface area contributed by atoms with E-state index in [1.807, 2.05) is 13.8 Å². The van der Waals surface area contributed by atoms with Gasteiger partial charge in [0, 0.05) is 5.69 Å². The van der Waals surface area contributed by atoms with Gasteiger partial charge in [-0.3, -0.25) is 9.10 Å². The Bertz CT molecular complexity index is 1110. The molecule has 0 saturated heterocycles. The van der Waals surface area contributed by atoms with Crippen LogP contribution in [-0.4, -0.2) is 20.9 Å². The molecule has 1 N–H and O–H groups in total. The molecule has 0 bridgehead atoms. The molecule has 3 aromatic carbocycles. The third-order valence-electron chi connectivity index (χ3n) is 4.33. The number of hydrogen-bond acceptors (Lipinski definition) is 3. The van der Waals surface area contributed by atoms with E-state index in [9.17, 15) is 17.6 Å². The number of anilines is 2. The number of hydrogen-bond donors (Lipinski definition) is 1. The highest BCUT2D eigenvalue weighted by Gasteiger charge is 2.27. The van der Waals surface area contributed by atoms with Crippen LogP contribution in [0.4, 0.5) is 15.8 Å². The first-order valence-corrected chi connectivity index (χ1v) is 10.4. The van der Waals surface area contributed by atoms with Crippen LogP contribution in [0.25, 0.3) is 0 Å². The second kappa shape index (κ2) is 8.45. The van der Waals surface area contributed by atoms with Crippen molar-refractivity contribution >= 4 is 27.3 Å². The van der Waals surface area contributed by atoms with Gasteiger partial charge in [-0.1, -0.05) is 41.5 Å². The molecule has 7 heteroatoms. The lowest BCUT2D eigenvalue weighted by Crippen LogP contribution is -2.38. The molecule has 1 amide bonds. The minimum atomic E-state index is -3.98. The first kappa shape index (κ1) is 20.5. The monoisotopic (exact) mass is 412 g/mol. The summed E-state index contributed by atoms with van der Waals surface area (Å²) in [5.41, 5.74) is 2.51. The lowest BCUT2D eigenvalue weighted by Gasteiger charge is -2.24. The Morgan fingerprint density at radius 3 is 2.10 bits per heavy atom. The molecule has 0 spiro atoms. The number of amides is 1. The first-order chi connectivity index (χ1) is 13.8. The summed E-state index contributed by atoms with van der Waals surface area (Å²) < 4.78 is 40.9. The number of nitrogens with zero attached hydrogens (tertiary/aromatic N) is 1. The lowest BCUT2D eigenvalue weighted by atomic mass is 10.2. The molecular formula is C22H21FN2O3S. The summed E-state index contributed by atoms with van der Waals surface area (Å²) >= 11 is 0. The van der Waals surface area contributed by atoms with Crippen molar-refractivity contribution in [1.29, 1.82) is 0 Å². The van der Waals surface area contributed by atoms with Crippen molar-refractivity contribution in [2.75, 3.05) is 16.2 Å². The molecule has 29 heavy (non-hydrogen) atoms. The molecule has 0 heterocycles. The summed E-state index contributed by atoms with van der Waals surface area (Å²) in [4.78, 5) is 12.7. The zero-order valence-electron chi connectivity index (χ0n) is 16.1. The minimum Gasteiger partial charge on any atom is -0.324 e. The summed E-state index contributed by atoms with van der Waals surface area (Å²) in [6, 6.07) is 18.7. The van der Waals surface area contributed by atoms with Gasteiger partial charge in [-0.2, -0.15) is 0 Å². The average molecular weight is 412 g/mol. The highest BCUT2D eigenvalue weighted by atomic mass is 32.2. The zero-order valence-corrected chi connectivity index (χ0v) is 16.9. The fraction of sp³-hybridized carbons (Fsp3) is 0.136. The van der Waals surface area contributed by atoms with E-state index in [-0.39, 0.29) is 10.6 Å². The van der Waals surface area contributed by atoms with Gasteiger partial charge in [0.1, 0.15) is 12.4 Å². The Labute approximate surface area is 169 Å². The van der Waals surface area contributed by atoms with Crippen LogP contribution >= 0.6 is 0 Å². The van der Waals surface area contributed by atoms with Crippen LogP contribution in [-0.2, 0) is 14.8 Å². The fourth-order valence-electron chi connectivity index (χ4n) is 2.76. The van der Waals surface area contributed by atoms with Crippen LogP contribution < -0.4 is 9.62 Å². The molecule has 0 aliphatic carbocycles. The molecule has 0 aliphatic heterocycles. The third-order valence-corrected chi connectivity index (χ3v) is 6.11. The number of sulfonamides is 1. The quantitative estimate of drug-likeness (QED) is 0.657. The summed E-state index contributed by atoms with van der Waals surface area (Å²) in [5.74, 6) is -1.07. The maximum atomic E-state index is 13.4. The summed E-state index contributed by atoms with van der Waals surface area (Å²) in [5, 5.41) is 2.54. The lowest BCUT2D eigenvalue weighted by molar-refractivity contribution is -0.114. The highest BCUT2D eigenvalue weighted by Crippen LogP contribution is 2.24. The Balaban J connectivity index is 1.93. The maximum Gasteiger partial charge on any atom is 0.264 e. The zero-order chi connectivity index (χ0) is 21.0. The second-order valence-electron chi connectivity index (χ2n) is 6.72. The van der Waals surface area contributed by atoms with Crippen molar-refractivity contribution in [2.45, 2.75) is 18.7 Å². The number of carbonyl (C=O) groups excluding carboxylic acids is 1. The van der Waals surface area contributed by atoms with Crippen LogP contribution in [0.15, 0.2) is 77.7 Å². The molecule has 3 aromatic rings. The van der Waals surface area contributed by atoms with Crippen LogP contribution in [0.5, 0.6) is 0 Å². The standard InChI is InChI=1S/C22H21FN2O3S/c1-16-6-10-20(11-7-16)25(29(27,28)21-12-8-17(2)9-13-21)15-22(26)24-19-5-3-4-18(23)14-19/h3-14H,15H2,1-2H3,(H,24,26). The van der Waals surface area contributed by atoms with Crippen LogP contribution in [0, 0.1) is 19.7 Å². The summed E-state index contributed by atoms with van der Waals surface area (Å²) in [6.45, 7) is 3.30. The van der Waals surface area contributed by atoms with Crippen molar-refractivity contribution < 1.29 is 17.6 Å². The van der Waals surface area contributed by atoms with E-state index >= 15 is 0 Å². The van der Waals surface area contributed by atoms with Crippen LogP contribution in [0.3, 0.4) is 0 Å². The highest BCUT2D eigenvalue weighted by molar-refractivity contribution is 7.92. The molecular weight excluding hydrogens is 391 g/mol. The molecule has 0 radical (unpaired) electrons. The Hall–Kier alpha value is -3.19. The molecule has 150 valence electrons. The van der Waals surface area contributed by atoms with Crippen molar-refractivity contribution in [3.8, 4) is 0 Å². The SMILES string of the molecule is Cc1ccc(N(CC(=O)Nc2cccc(F)c2)S(=O)(=O)c2ccc(C)cc2)cc1. The van der Waals surface area contributed by atoms with E-state index in [0.717, 1.165) is 15.4 Å². The van der Waals surface area contributed by atoms with Gasteiger partial charge in [0.2, 0.25) is 5.91 Å². The number of benzene rings is 3. The molecule has 5 nitrogen and oxygen atoms in total. The number of rotatable bonds is 6. The van der Waals surface area contributed by atoms with E-state index in [2.05, 4.69) is 5.32 Å². The molecule has 0 fully saturated rings. The maximum absolute atomic E-state index is 13.4. The second-order valence-corrected chi connectivity index (χ2v) is 8.58. The van der Waals surface area contributed by atoms with Crippen molar-refractivity contribution in [2.24, 2.45) is 0 Å². The fourth-order valence-corrected chi connectivity index (χ4v) is 4.18. The minimum absolute atomic E-state index is 0.0854. The smallest absolute Gasteiger partial charge is 0.264 e. The van der Waals surface area contributed by atoms with Crippen LogP contribution in [0.2, 0.25) is 0 Å².